The molecule has 4 rings (SSSR count). The zero-order valence-electron chi connectivity index (χ0n) is 15.0. The van der Waals surface area contributed by atoms with Crippen LogP contribution in [0.4, 0.5) is 5.69 Å². The summed E-state index contributed by atoms with van der Waals surface area (Å²) < 4.78 is 5.85. The molecule has 0 bridgehead atoms. The Morgan fingerprint density at radius 2 is 1.89 bits per heavy atom. The third-order valence-electron chi connectivity index (χ3n) is 4.92. The number of anilines is 1. The maximum absolute atomic E-state index is 12.7. The van der Waals surface area contributed by atoms with E-state index in [1.165, 1.54) is 0 Å². The molecule has 2 aliphatic rings. The highest BCUT2D eigenvalue weighted by Crippen LogP contribution is 2.23. The van der Waals surface area contributed by atoms with E-state index >= 15 is 0 Å². The van der Waals surface area contributed by atoms with Gasteiger partial charge in [0.2, 0.25) is 5.88 Å². The molecule has 0 N–H and O–H groups in total. The molecule has 0 spiro atoms. The number of benzene rings is 1. The number of halogens is 1. The fourth-order valence-corrected chi connectivity index (χ4v) is 4.58. The lowest BCUT2D eigenvalue weighted by Gasteiger charge is -2.36. The first-order valence-corrected chi connectivity index (χ1v) is 10.7. The van der Waals surface area contributed by atoms with Crippen LogP contribution in [0.15, 0.2) is 42.6 Å². The lowest BCUT2D eigenvalue weighted by Crippen LogP contribution is -2.48. The van der Waals surface area contributed by atoms with E-state index in [9.17, 15) is 4.79 Å². The summed E-state index contributed by atoms with van der Waals surface area (Å²) in [5, 5.41) is 0.735. The topological polar surface area (TPSA) is 45.7 Å². The van der Waals surface area contributed by atoms with Crippen LogP contribution in [0.2, 0.25) is 5.02 Å². The van der Waals surface area contributed by atoms with Crippen molar-refractivity contribution in [2.24, 2.45) is 0 Å². The number of carbonyl (C=O) groups excluding carboxylic acids is 1. The molecule has 2 aromatic rings. The first-order valence-electron chi connectivity index (χ1n) is 9.19. The van der Waals surface area contributed by atoms with Crippen molar-refractivity contribution in [1.29, 1.82) is 0 Å². The molecule has 142 valence electrons. The molecule has 7 heteroatoms. The molecule has 3 heterocycles. The quantitative estimate of drug-likeness (QED) is 0.780. The van der Waals surface area contributed by atoms with Gasteiger partial charge >= 0.3 is 0 Å². The van der Waals surface area contributed by atoms with Crippen LogP contribution in [0.5, 0.6) is 5.88 Å². The number of aromatic nitrogens is 1. The molecule has 1 amide bonds. The molecule has 1 atom stereocenters. The van der Waals surface area contributed by atoms with Gasteiger partial charge in [-0.3, -0.25) is 4.79 Å². The molecule has 1 aromatic heterocycles. The van der Waals surface area contributed by atoms with E-state index in [-0.39, 0.29) is 12.0 Å². The Morgan fingerprint density at radius 1 is 1.11 bits per heavy atom. The van der Waals surface area contributed by atoms with Gasteiger partial charge in [-0.05, 0) is 42.5 Å². The summed E-state index contributed by atoms with van der Waals surface area (Å²) >= 11 is 7.86. The average Bonchev–Trinajstić information content (AvgIpc) is 3.22. The molecule has 0 radical (unpaired) electrons. The summed E-state index contributed by atoms with van der Waals surface area (Å²) in [6, 6.07) is 11.5. The molecule has 1 aromatic carbocycles. The normalized spacial score (nSPS) is 20.0. The van der Waals surface area contributed by atoms with Crippen LogP contribution in [-0.2, 0) is 0 Å². The van der Waals surface area contributed by atoms with Gasteiger partial charge in [-0.15, -0.1) is 0 Å². The molecule has 2 fully saturated rings. The standard InChI is InChI=1S/C20H22ClN3O2S/c21-16-2-4-17(5-3-16)23-8-10-24(11-9-23)20(25)15-1-6-19(22-13-15)26-18-7-12-27-14-18/h1-6,13,18H,7-12,14H2/t18-/m0/s1. The van der Waals surface area contributed by atoms with Crippen LogP contribution in [0.3, 0.4) is 0 Å². The summed E-state index contributed by atoms with van der Waals surface area (Å²) in [5.74, 6) is 2.79. The van der Waals surface area contributed by atoms with Crippen molar-refractivity contribution in [2.45, 2.75) is 12.5 Å². The maximum atomic E-state index is 12.7. The number of nitrogens with zero attached hydrogens (tertiary/aromatic N) is 3. The number of rotatable bonds is 4. The molecule has 0 saturated carbocycles. The molecule has 0 aliphatic carbocycles. The first-order chi connectivity index (χ1) is 13.2. The smallest absolute Gasteiger partial charge is 0.255 e. The summed E-state index contributed by atoms with van der Waals surface area (Å²) in [7, 11) is 0. The monoisotopic (exact) mass is 403 g/mol. The van der Waals surface area contributed by atoms with Crippen molar-refractivity contribution in [3.63, 3.8) is 0 Å². The van der Waals surface area contributed by atoms with E-state index in [1.54, 1.807) is 12.3 Å². The van der Waals surface area contributed by atoms with Gasteiger partial charge in [0.05, 0.1) is 5.56 Å². The van der Waals surface area contributed by atoms with Gasteiger partial charge in [-0.25, -0.2) is 4.98 Å². The molecule has 2 saturated heterocycles. The Kier molecular flexibility index (Phi) is 5.74. The van der Waals surface area contributed by atoms with Crippen molar-refractivity contribution in [1.82, 2.24) is 9.88 Å². The van der Waals surface area contributed by atoms with E-state index in [0.717, 1.165) is 41.7 Å². The number of hydrogen-bond acceptors (Lipinski definition) is 5. The van der Waals surface area contributed by atoms with Crippen molar-refractivity contribution >= 4 is 35.0 Å². The van der Waals surface area contributed by atoms with Gasteiger partial charge in [0.25, 0.3) is 5.91 Å². The van der Waals surface area contributed by atoms with Crippen LogP contribution < -0.4 is 9.64 Å². The second-order valence-corrected chi connectivity index (χ2v) is 8.33. The van der Waals surface area contributed by atoms with Gasteiger partial charge in [0, 0.05) is 54.9 Å². The van der Waals surface area contributed by atoms with Gasteiger partial charge in [0.1, 0.15) is 6.10 Å². The summed E-state index contributed by atoms with van der Waals surface area (Å²) in [4.78, 5) is 21.2. The largest absolute Gasteiger partial charge is 0.473 e. The summed E-state index contributed by atoms with van der Waals surface area (Å²) in [6.45, 7) is 3.00. The van der Waals surface area contributed by atoms with Crippen molar-refractivity contribution in [2.75, 3.05) is 42.6 Å². The van der Waals surface area contributed by atoms with Crippen LogP contribution in [-0.4, -0.2) is 59.6 Å². The molecule has 27 heavy (non-hydrogen) atoms. The third-order valence-corrected chi connectivity index (χ3v) is 6.30. The zero-order valence-corrected chi connectivity index (χ0v) is 16.6. The summed E-state index contributed by atoms with van der Waals surface area (Å²) in [6.07, 6.45) is 2.93. The van der Waals surface area contributed by atoms with Gasteiger partial charge in [-0.2, -0.15) is 11.8 Å². The van der Waals surface area contributed by atoms with E-state index in [2.05, 4.69) is 9.88 Å². The highest BCUT2D eigenvalue weighted by molar-refractivity contribution is 7.99. The van der Waals surface area contributed by atoms with E-state index < -0.39 is 0 Å². The molecule has 0 unspecified atom stereocenters. The number of pyridine rings is 1. The van der Waals surface area contributed by atoms with E-state index in [0.29, 0.717) is 24.5 Å². The van der Waals surface area contributed by atoms with E-state index in [1.807, 2.05) is 47.0 Å². The Morgan fingerprint density at radius 3 is 2.52 bits per heavy atom. The molecule has 2 aliphatic heterocycles. The molecule has 5 nitrogen and oxygen atoms in total. The molecular weight excluding hydrogens is 382 g/mol. The van der Waals surface area contributed by atoms with Crippen LogP contribution in [0.25, 0.3) is 0 Å². The first kappa shape index (κ1) is 18.4. The Balaban J connectivity index is 1.32. The SMILES string of the molecule is O=C(c1ccc(O[C@H]2CCSC2)nc1)N1CCN(c2ccc(Cl)cc2)CC1. The number of carbonyl (C=O) groups is 1. The van der Waals surface area contributed by atoms with Gasteiger partial charge in [-0.1, -0.05) is 11.6 Å². The predicted octanol–water partition coefficient (Wildman–Crippen LogP) is 3.58. The van der Waals surface area contributed by atoms with Crippen molar-refractivity contribution < 1.29 is 9.53 Å². The third kappa shape index (κ3) is 4.50. The minimum Gasteiger partial charge on any atom is -0.473 e. The van der Waals surface area contributed by atoms with Gasteiger partial charge < -0.3 is 14.5 Å². The highest BCUT2D eigenvalue weighted by Gasteiger charge is 2.23. The minimum atomic E-state index is 0.0289. The number of hydrogen-bond donors (Lipinski definition) is 0. The average molecular weight is 404 g/mol. The fraction of sp³-hybridized carbons (Fsp3) is 0.400. The number of thioether (sulfide) groups is 1. The Labute approximate surface area is 168 Å². The Bertz CT molecular complexity index is 771. The van der Waals surface area contributed by atoms with Crippen LogP contribution in [0.1, 0.15) is 16.8 Å². The second kappa shape index (κ2) is 8.40. The van der Waals surface area contributed by atoms with Crippen molar-refractivity contribution in [3.8, 4) is 5.88 Å². The fourth-order valence-electron chi connectivity index (χ4n) is 3.36. The number of ether oxygens (including phenoxy) is 1. The van der Waals surface area contributed by atoms with Gasteiger partial charge in [0.15, 0.2) is 0 Å². The highest BCUT2D eigenvalue weighted by atomic mass is 35.5. The lowest BCUT2D eigenvalue weighted by molar-refractivity contribution is 0.0746. The van der Waals surface area contributed by atoms with Crippen molar-refractivity contribution in [3.05, 3.63) is 53.2 Å². The number of amides is 1. The lowest BCUT2D eigenvalue weighted by atomic mass is 10.2. The van der Waals surface area contributed by atoms with Crippen LogP contribution >= 0.6 is 23.4 Å². The predicted molar refractivity (Wildman–Crippen MR) is 110 cm³/mol. The van der Waals surface area contributed by atoms with E-state index in [4.69, 9.17) is 16.3 Å². The molecular formula is C20H22ClN3O2S. The number of piperazine rings is 1. The second-order valence-electron chi connectivity index (χ2n) is 6.74. The van der Waals surface area contributed by atoms with Crippen LogP contribution in [0, 0.1) is 0 Å². The maximum Gasteiger partial charge on any atom is 0.255 e. The summed E-state index contributed by atoms with van der Waals surface area (Å²) in [5.41, 5.74) is 1.75. The zero-order chi connectivity index (χ0) is 18.6. The Hall–Kier alpha value is -1.92. The minimum absolute atomic E-state index is 0.0289.